The number of nitrogens with zero attached hydrogens (tertiary/aromatic N) is 1. The third kappa shape index (κ3) is 3.41. The smallest absolute Gasteiger partial charge is 0.255 e. The fourth-order valence-corrected chi connectivity index (χ4v) is 3.03. The molecule has 1 aromatic heterocycles. The van der Waals surface area contributed by atoms with Crippen molar-refractivity contribution in [2.75, 3.05) is 5.32 Å². The van der Waals surface area contributed by atoms with Crippen molar-refractivity contribution in [2.24, 2.45) is 0 Å². The Bertz CT molecular complexity index is 1150. The van der Waals surface area contributed by atoms with Crippen LogP contribution in [0.3, 0.4) is 0 Å². The van der Waals surface area contributed by atoms with Gasteiger partial charge >= 0.3 is 0 Å². The number of hydrogen-bond acceptors (Lipinski definition) is 3. The lowest BCUT2D eigenvalue weighted by atomic mass is 10.1. The van der Waals surface area contributed by atoms with E-state index in [2.05, 4.69) is 10.3 Å². The number of hydrogen-bond donors (Lipinski definition) is 1. The van der Waals surface area contributed by atoms with Crippen LogP contribution in [0.15, 0.2) is 65.1 Å². The Kier molecular flexibility index (Phi) is 4.38. The second-order valence-electron chi connectivity index (χ2n) is 6.10. The number of carbonyl (C=O) groups excluding carboxylic acids is 1. The number of anilines is 1. The van der Waals surface area contributed by atoms with E-state index in [1.807, 2.05) is 25.1 Å². The molecule has 0 bridgehead atoms. The Morgan fingerprint density at radius 2 is 1.89 bits per heavy atom. The van der Waals surface area contributed by atoms with Crippen molar-refractivity contribution in [1.82, 2.24) is 4.98 Å². The van der Waals surface area contributed by atoms with Crippen LogP contribution in [0.25, 0.3) is 22.6 Å². The van der Waals surface area contributed by atoms with Gasteiger partial charge in [-0.3, -0.25) is 4.79 Å². The maximum absolute atomic E-state index is 13.0. The molecule has 0 atom stereocenters. The largest absolute Gasteiger partial charge is 0.436 e. The van der Waals surface area contributed by atoms with Gasteiger partial charge in [0.15, 0.2) is 5.58 Å². The van der Waals surface area contributed by atoms with Crippen LogP contribution in [0.1, 0.15) is 15.9 Å². The van der Waals surface area contributed by atoms with Gasteiger partial charge < -0.3 is 9.73 Å². The van der Waals surface area contributed by atoms with Gasteiger partial charge in [0.05, 0.1) is 10.6 Å². The minimum absolute atomic E-state index is 0.351. The average molecular weight is 381 g/mol. The van der Waals surface area contributed by atoms with Crippen molar-refractivity contribution < 1.29 is 13.6 Å². The SMILES string of the molecule is Cc1cccc2oc(-c3ccc(NC(=O)c4ccc(F)cc4)cc3Cl)nc12. The monoisotopic (exact) mass is 380 g/mol. The lowest BCUT2D eigenvalue weighted by Gasteiger charge is -2.07. The molecule has 0 aliphatic rings. The number of halogens is 2. The summed E-state index contributed by atoms with van der Waals surface area (Å²) in [6.45, 7) is 1.96. The van der Waals surface area contributed by atoms with Crippen LogP contribution in [-0.2, 0) is 0 Å². The zero-order valence-corrected chi connectivity index (χ0v) is 15.0. The zero-order chi connectivity index (χ0) is 19.0. The number of nitrogens with one attached hydrogen (secondary N) is 1. The minimum atomic E-state index is -0.396. The lowest BCUT2D eigenvalue weighted by molar-refractivity contribution is 0.102. The number of benzene rings is 3. The first-order chi connectivity index (χ1) is 13.0. The molecule has 3 aromatic carbocycles. The Labute approximate surface area is 159 Å². The topological polar surface area (TPSA) is 55.1 Å². The van der Waals surface area contributed by atoms with Crippen LogP contribution in [-0.4, -0.2) is 10.9 Å². The molecule has 134 valence electrons. The second kappa shape index (κ2) is 6.85. The van der Waals surface area contributed by atoms with Crippen LogP contribution >= 0.6 is 11.6 Å². The van der Waals surface area contributed by atoms with E-state index in [0.29, 0.717) is 33.3 Å². The first kappa shape index (κ1) is 17.2. The summed E-state index contributed by atoms with van der Waals surface area (Å²) < 4.78 is 18.8. The van der Waals surface area contributed by atoms with Crippen LogP contribution in [0, 0.1) is 12.7 Å². The van der Waals surface area contributed by atoms with E-state index in [-0.39, 0.29) is 5.91 Å². The molecule has 0 aliphatic heterocycles. The number of amides is 1. The Morgan fingerprint density at radius 1 is 1.11 bits per heavy atom. The van der Waals surface area contributed by atoms with Crippen molar-refractivity contribution in [3.8, 4) is 11.5 Å². The van der Waals surface area contributed by atoms with Gasteiger partial charge in [-0.1, -0.05) is 23.7 Å². The van der Waals surface area contributed by atoms with E-state index in [4.69, 9.17) is 16.0 Å². The molecule has 1 heterocycles. The van der Waals surface area contributed by atoms with E-state index >= 15 is 0 Å². The van der Waals surface area contributed by atoms with E-state index in [9.17, 15) is 9.18 Å². The van der Waals surface area contributed by atoms with Crippen LogP contribution in [0.4, 0.5) is 10.1 Å². The highest BCUT2D eigenvalue weighted by Crippen LogP contribution is 2.32. The molecular formula is C21H14ClFN2O2. The normalized spacial score (nSPS) is 10.9. The molecule has 0 saturated heterocycles. The van der Waals surface area contributed by atoms with Crippen LogP contribution in [0.5, 0.6) is 0 Å². The summed E-state index contributed by atoms with van der Waals surface area (Å²) in [6, 6.07) is 16.1. The molecule has 27 heavy (non-hydrogen) atoms. The first-order valence-electron chi connectivity index (χ1n) is 8.24. The summed E-state index contributed by atoms with van der Waals surface area (Å²) in [6.07, 6.45) is 0. The van der Waals surface area contributed by atoms with E-state index in [0.717, 1.165) is 11.1 Å². The molecule has 0 aliphatic carbocycles. The van der Waals surface area contributed by atoms with Gasteiger partial charge in [-0.2, -0.15) is 0 Å². The summed E-state index contributed by atoms with van der Waals surface area (Å²) in [7, 11) is 0. The van der Waals surface area contributed by atoms with Gasteiger partial charge in [-0.25, -0.2) is 9.37 Å². The van der Waals surface area contributed by atoms with Gasteiger partial charge in [-0.05, 0) is 61.0 Å². The molecule has 0 radical (unpaired) electrons. The predicted molar refractivity (Wildman–Crippen MR) is 104 cm³/mol. The zero-order valence-electron chi connectivity index (χ0n) is 14.3. The number of oxazole rings is 1. The van der Waals surface area contributed by atoms with Gasteiger partial charge in [0.25, 0.3) is 5.91 Å². The molecule has 0 saturated carbocycles. The van der Waals surface area contributed by atoms with Crippen molar-refractivity contribution in [2.45, 2.75) is 6.92 Å². The highest BCUT2D eigenvalue weighted by molar-refractivity contribution is 6.33. The van der Waals surface area contributed by atoms with Crippen molar-refractivity contribution in [1.29, 1.82) is 0 Å². The van der Waals surface area contributed by atoms with E-state index in [1.165, 1.54) is 24.3 Å². The summed E-state index contributed by atoms with van der Waals surface area (Å²) in [4.78, 5) is 16.8. The molecule has 4 nitrogen and oxygen atoms in total. The minimum Gasteiger partial charge on any atom is -0.436 e. The second-order valence-corrected chi connectivity index (χ2v) is 6.50. The molecular weight excluding hydrogens is 367 g/mol. The highest BCUT2D eigenvalue weighted by Gasteiger charge is 2.14. The molecule has 1 amide bonds. The summed E-state index contributed by atoms with van der Waals surface area (Å²) >= 11 is 6.38. The van der Waals surface area contributed by atoms with Crippen molar-refractivity contribution in [3.63, 3.8) is 0 Å². The summed E-state index contributed by atoms with van der Waals surface area (Å²) in [5, 5.41) is 3.14. The molecule has 0 spiro atoms. The Balaban J connectivity index is 1.61. The summed E-state index contributed by atoms with van der Waals surface area (Å²) in [5.41, 5.74) is 4.00. The van der Waals surface area contributed by atoms with E-state index in [1.54, 1.807) is 18.2 Å². The van der Waals surface area contributed by atoms with E-state index < -0.39 is 5.82 Å². The third-order valence-electron chi connectivity index (χ3n) is 4.18. The lowest BCUT2D eigenvalue weighted by Crippen LogP contribution is -2.11. The van der Waals surface area contributed by atoms with Crippen molar-refractivity contribution in [3.05, 3.63) is 82.6 Å². The van der Waals surface area contributed by atoms with Crippen LogP contribution < -0.4 is 5.32 Å². The fraction of sp³-hybridized carbons (Fsp3) is 0.0476. The number of para-hydroxylation sites is 1. The number of fused-ring (bicyclic) bond motifs is 1. The number of aryl methyl sites for hydroxylation is 1. The van der Waals surface area contributed by atoms with Gasteiger partial charge in [0, 0.05) is 11.3 Å². The Morgan fingerprint density at radius 3 is 2.59 bits per heavy atom. The number of rotatable bonds is 3. The predicted octanol–water partition coefficient (Wildman–Crippen LogP) is 5.85. The maximum Gasteiger partial charge on any atom is 0.255 e. The van der Waals surface area contributed by atoms with Gasteiger partial charge in [0.2, 0.25) is 5.89 Å². The van der Waals surface area contributed by atoms with Gasteiger partial charge in [-0.15, -0.1) is 0 Å². The third-order valence-corrected chi connectivity index (χ3v) is 4.50. The van der Waals surface area contributed by atoms with Gasteiger partial charge in [0.1, 0.15) is 11.3 Å². The molecule has 0 unspecified atom stereocenters. The standard InChI is InChI=1S/C21H14ClFN2O2/c1-12-3-2-4-18-19(12)25-21(27-18)16-10-9-15(11-17(16)22)24-20(26)13-5-7-14(23)8-6-13/h2-11H,1H3,(H,24,26). The first-order valence-corrected chi connectivity index (χ1v) is 8.62. The Hall–Kier alpha value is -3.18. The fourth-order valence-electron chi connectivity index (χ4n) is 2.77. The van der Waals surface area contributed by atoms with Crippen molar-refractivity contribution >= 4 is 34.3 Å². The maximum atomic E-state index is 13.0. The number of aromatic nitrogens is 1. The van der Waals surface area contributed by atoms with Crippen LogP contribution in [0.2, 0.25) is 5.02 Å². The molecule has 4 aromatic rings. The quantitative estimate of drug-likeness (QED) is 0.485. The average Bonchev–Trinajstić information content (AvgIpc) is 3.07. The summed E-state index contributed by atoms with van der Waals surface area (Å²) in [5.74, 6) is -0.329. The molecule has 0 fully saturated rings. The molecule has 6 heteroatoms. The molecule has 4 rings (SSSR count). The number of carbonyl (C=O) groups is 1. The molecule has 1 N–H and O–H groups in total. The highest BCUT2D eigenvalue weighted by atomic mass is 35.5.